The van der Waals surface area contributed by atoms with Crippen LogP contribution in [0.5, 0.6) is 0 Å². The second kappa shape index (κ2) is 10.9. The van der Waals surface area contributed by atoms with Crippen LogP contribution >= 0.6 is 11.8 Å². The van der Waals surface area contributed by atoms with Crippen LogP contribution < -0.4 is 5.32 Å². The highest BCUT2D eigenvalue weighted by atomic mass is 32.2. The van der Waals surface area contributed by atoms with Crippen molar-refractivity contribution in [2.45, 2.75) is 35.6 Å². The van der Waals surface area contributed by atoms with E-state index in [0.29, 0.717) is 23.8 Å². The summed E-state index contributed by atoms with van der Waals surface area (Å²) in [6, 6.07) is 18.0. The second-order valence-electron chi connectivity index (χ2n) is 7.79. The molecule has 1 aromatic heterocycles. The van der Waals surface area contributed by atoms with Crippen LogP contribution in [0.4, 0.5) is 5.69 Å². The lowest BCUT2D eigenvalue weighted by Crippen LogP contribution is -2.31. The van der Waals surface area contributed by atoms with Crippen molar-refractivity contribution in [3.05, 3.63) is 67.0 Å². The molecule has 0 atom stereocenters. The number of hydrogen-bond donors (Lipinski definition) is 1. The van der Waals surface area contributed by atoms with Gasteiger partial charge < -0.3 is 5.32 Å². The SMILES string of the molecule is O=C(CSc1cc(-c2ccccc2)ncn1)Nc1ccc(S(=O)(=O)N2CCCCCC2)cc1. The summed E-state index contributed by atoms with van der Waals surface area (Å²) in [4.78, 5) is 21.2. The molecule has 1 aliphatic rings. The average Bonchev–Trinajstić information content (AvgIpc) is 3.14. The van der Waals surface area contributed by atoms with Gasteiger partial charge in [0.05, 0.1) is 16.3 Å². The predicted molar refractivity (Wildman–Crippen MR) is 130 cm³/mol. The standard InChI is InChI=1S/C24H26N4O3S2/c29-23(17-32-24-16-22(25-18-26-24)19-8-4-3-5-9-19)27-20-10-12-21(13-11-20)33(30,31)28-14-6-1-2-7-15-28/h3-5,8-13,16,18H,1-2,6-7,14-15,17H2,(H,27,29). The van der Waals surface area contributed by atoms with E-state index >= 15 is 0 Å². The smallest absolute Gasteiger partial charge is 0.243 e. The number of carbonyl (C=O) groups is 1. The summed E-state index contributed by atoms with van der Waals surface area (Å²) in [5, 5.41) is 3.52. The van der Waals surface area contributed by atoms with E-state index in [0.717, 1.165) is 36.9 Å². The fourth-order valence-electron chi connectivity index (χ4n) is 3.66. The van der Waals surface area contributed by atoms with E-state index < -0.39 is 10.0 Å². The highest BCUT2D eigenvalue weighted by Crippen LogP contribution is 2.24. The first-order chi connectivity index (χ1) is 16.0. The third-order valence-corrected chi connectivity index (χ3v) is 8.24. The van der Waals surface area contributed by atoms with E-state index in [1.54, 1.807) is 28.6 Å². The van der Waals surface area contributed by atoms with Gasteiger partial charge in [-0.3, -0.25) is 4.79 Å². The Morgan fingerprint density at radius 3 is 2.33 bits per heavy atom. The number of carbonyl (C=O) groups excluding carboxylic acids is 1. The quantitative estimate of drug-likeness (QED) is 0.395. The van der Waals surface area contributed by atoms with Crippen LogP contribution in [0, 0.1) is 0 Å². The van der Waals surface area contributed by atoms with Gasteiger partial charge in [-0.05, 0) is 43.2 Å². The maximum Gasteiger partial charge on any atom is 0.243 e. The molecule has 9 heteroatoms. The zero-order valence-corrected chi connectivity index (χ0v) is 19.8. The molecule has 3 aromatic rings. The van der Waals surface area contributed by atoms with Crippen molar-refractivity contribution in [1.29, 1.82) is 0 Å². The van der Waals surface area contributed by atoms with Gasteiger partial charge in [-0.25, -0.2) is 18.4 Å². The summed E-state index contributed by atoms with van der Waals surface area (Å²) in [7, 11) is -3.50. The molecule has 1 fully saturated rings. The number of aromatic nitrogens is 2. The van der Waals surface area contributed by atoms with E-state index in [1.807, 2.05) is 36.4 Å². The second-order valence-corrected chi connectivity index (χ2v) is 10.7. The molecule has 1 aliphatic heterocycles. The lowest BCUT2D eigenvalue weighted by Gasteiger charge is -2.20. The molecule has 2 aromatic carbocycles. The third kappa shape index (κ3) is 6.19. The fraction of sp³-hybridized carbons (Fsp3) is 0.292. The lowest BCUT2D eigenvalue weighted by molar-refractivity contribution is -0.113. The zero-order chi connectivity index (χ0) is 23.1. The molecule has 0 spiro atoms. The van der Waals surface area contributed by atoms with E-state index in [2.05, 4.69) is 15.3 Å². The highest BCUT2D eigenvalue weighted by molar-refractivity contribution is 7.99. The first kappa shape index (κ1) is 23.4. The van der Waals surface area contributed by atoms with Crippen LogP contribution in [-0.2, 0) is 14.8 Å². The fourth-order valence-corrected chi connectivity index (χ4v) is 5.85. The number of rotatable bonds is 7. The Bertz CT molecular complexity index is 1180. The molecule has 4 rings (SSSR count). The minimum absolute atomic E-state index is 0.180. The molecular formula is C24H26N4O3S2. The largest absolute Gasteiger partial charge is 0.325 e. The minimum Gasteiger partial charge on any atom is -0.325 e. The normalized spacial score (nSPS) is 15.0. The van der Waals surface area contributed by atoms with Crippen LogP contribution in [0.1, 0.15) is 25.7 Å². The Hall–Kier alpha value is -2.75. The van der Waals surface area contributed by atoms with Gasteiger partial charge in [-0.1, -0.05) is 54.9 Å². The molecule has 0 unspecified atom stereocenters. The maximum atomic E-state index is 12.9. The highest BCUT2D eigenvalue weighted by Gasteiger charge is 2.25. The zero-order valence-electron chi connectivity index (χ0n) is 18.2. The van der Waals surface area contributed by atoms with E-state index in [9.17, 15) is 13.2 Å². The van der Waals surface area contributed by atoms with Crippen LogP contribution in [0.3, 0.4) is 0 Å². The van der Waals surface area contributed by atoms with Gasteiger partial charge in [0.15, 0.2) is 0 Å². The number of hydrogen-bond acceptors (Lipinski definition) is 6. The Balaban J connectivity index is 1.34. The van der Waals surface area contributed by atoms with Crippen LogP contribution in [0.2, 0.25) is 0 Å². The first-order valence-electron chi connectivity index (χ1n) is 10.9. The Morgan fingerprint density at radius 2 is 1.64 bits per heavy atom. The number of nitrogens with one attached hydrogen (secondary N) is 1. The van der Waals surface area contributed by atoms with Crippen molar-refractivity contribution >= 4 is 33.4 Å². The summed E-state index contributed by atoms with van der Waals surface area (Å²) >= 11 is 1.32. The summed E-state index contributed by atoms with van der Waals surface area (Å²) in [6.07, 6.45) is 5.41. The first-order valence-corrected chi connectivity index (χ1v) is 13.4. The Morgan fingerprint density at radius 1 is 0.939 bits per heavy atom. The summed E-state index contributed by atoms with van der Waals surface area (Å²) in [6.45, 7) is 1.13. The van der Waals surface area contributed by atoms with Gasteiger partial charge in [0.2, 0.25) is 15.9 Å². The van der Waals surface area contributed by atoms with Crippen molar-refractivity contribution in [1.82, 2.24) is 14.3 Å². The molecule has 7 nitrogen and oxygen atoms in total. The summed E-state index contributed by atoms with van der Waals surface area (Å²) in [5.74, 6) is -0.0120. The number of amides is 1. The molecular weight excluding hydrogens is 456 g/mol. The average molecular weight is 483 g/mol. The maximum absolute atomic E-state index is 12.9. The molecule has 1 N–H and O–H groups in total. The number of sulfonamides is 1. The van der Waals surface area contributed by atoms with Crippen molar-refractivity contribution in [2.24, 2.45) is 0 Å². The van der Waals surface area contributed by atoms with E-state index in [-0.39, 0.29) is 16.6 Å². The van der Waals surface area contributed by atoms with Crippen molar-refractivity contribution < 1.29 is 13.2 Å². The van der Waals surface area contributed by atoms with Crippen LogP contribution in [-0.4, -0.2) is 47.4 Å². The van der Waals surface area contributed by atoms with Crippen LogP contribution in [0.25, 0.3) is 11.3 Å². The minimum atomic E-state index is -3.50. The summed E-state index contributed by atoms with van der Waals surface area (Å²) in [5.41, 5.74) is 2.35. The van der Waals surface area contributed by atoms with E-state index in [4.69, 9.17) is 0 Å². The number of benzene rings is 2. The summed E-state index contributed by atoms with van der Waals surface area (Å²) < 4.78 is 27.3. The van der Waals surface area contributed by atoms with Crippen molar-refractivity contribution in [3.8, 4) is 11.3 Å². The number of thioether (sulfide) groups is 1. The van der Waals surface area contributed by atoms with Gasteiger partial charge >= 0.3 is 0 Å². The van der Waals surface area contributed by atoms with Crippen LogP contribution in [0.15, 0.2) is 76.9 Å². The molecule has 172 valence electrons. The predicted octanol–water partition coefficient (Wildman–Crippen LogP) is 4.44. The topological polar surface area (TPSA) is 92.3 Å². The molecule has 1 saturated heterocycles. The van der Waals surface area contributed by atoms with Gasteiger partial charge in [0, 0.05) is 24.3 Å². The van der Waals surface area contributed by atoms with Crippen molar-refractivity contribution in [2.75, 3.05) is 24.2 Å². The molecule has 0 aliphatic carbocycles. The van der Waals surface area contributed by atoms with Gasteiger partial charge in [-0.2, -0.15) is 4.31 Å². The number of anilines is 1. The van der Waals surface area contributed by atoms with Gasteiger partial charge in [0.1, 0.15) is 11.4 Å². The lowest BCUT2D eigenvalue weighted by atomic mass is 10.1. The molecule has 2 heterocycles. The Kier molecular flexibility index (Phi) is 7.74. The number of nitrogens with zero attached hydrogens (tertiary/aromatic N) is 3. The monoisotopic (exact) mass is 482 g/mol. The molecule has 0 saturated carbocycles. The van der Waals surface area contributed by atoms with E-state index in [1.165, 1.54) is 18.1 Å². The molecule has 0 bridgehead atoms. The van der Waals surface area contributed by atoms with Gasteiger partial charge in [-0.15, -0.1) is 0 Å². The molecule has 33 heavy (non-hydrogen) atoms. The molecule has 1 amide bonds. The van der Waals surface area contributed by atoms with Gasteiger partial charge in [0.25, 0.3) is 0 Å². The van der Waals surface area contributed by atoms with Crippen molar-refractivity contribution in [3.63, 3.8) is 0 Å². The third-order valence-electron chi connectivity index (χ3n) is 5.40. The molecule has 0 radical (unpaired) electrons. The Labute approximate surface area is 198 Å².